The highest BCUT2D eigenvalue weighted by Gasteiger charge is 2.65. The van der Waals surface area contributed by atoms with Crippen LogP contribution in [-0.2, 0) is 15.9 Å². The zero-order valence-electron chi connectivity index (χ0n) is 15.8. The van der Waals surface area contributed by atoms with Crippen molar-refractivity contribution >= 4 is 23.2 Å². The van der Waals surface area contributed by atoms with E-state index in [1.807, 2.05) is 79.4 Å². The maximum Gasteiger partial charge on any atom is 0.239 e. The number of carbonyl (C=O) groups excluding carboxylic acids is 1. The second-order valence-electron chi connectivity index (χ2n) is 8.04. The van der Waals surface area contributed by atoms with Gasteiger partial charge in [-0.2, -0.15) is 0 Å². The van der Waals surface area contributed by atoms with Crippen molar-refractivity contribution in [2.75, 3.05) is 4.90 Å². The van der Waals surface area contributed by atoms with E-state index in [2.05, 4.69) is 23.5 Å². The van der Waals surface area contributed by atoms with Crippen molar-refractivity contribution in [2.24, 2.45) is 0 Å². The minimum atomic E-state index is -0.618. The van der Waals surface area contributed by atoms with E-state index >= 15 is 0 Å². The summed E-state index contributed by atoms with van der Waals surface area (Å²) in [6.45, 7) is 4.01. The average molecular weight is 389 g/mol. The normalized spacial score (nSPS) is 24.9. The molecule has 1 fully saturated rings. The van der Waals surface area contributed by atoms with Gasteiger partial charge in [-0.05, 0) is 48.7 Å². The number of benzene rings is 3. The third kappa shape index (κ3) is 2.30. The molecule has 0 spiro atoms. The molecule has 1 N–H and O–H groups in total. The fourth-order valence-electron chi connectivity index (χ4n) is 4.48. The van der Waals surface area contributed by atoms with Gasteiger partial charge in [-0.3, -0.25) is 15.0 Å². The summed E-state index contributed by atoms with van der Waals surface area (Å²) >= 11 is 6.15. The Hall–Kier alpha value is -2.62. The van der Waals surface area contributed by atoms with Gasteiger partial charge in [0.2, 0.25) is 5.91 Å². The Kier molecular flexibility index (Phi) is 3.71. The molecule has 0 radical (unpaired) electrons. The van der Waals surface area contributed by atoms with Gasteiger partial charge in [0, 0.05) is 5.02 Å². The quantitative estimate of drug-likeness (QED) is 0.629. The van der Waals surface area contributed by atoms with Crippen LogP contribution in [0.3, 0.4) is 0 Å². The van der Waals surface area contributed by atoms with Crippen LogP contribution in [0.4, 0.5) is 5.69 Å². The molecule has 140 valence electrons. The van der Waals surface area contributed by atoms with Crippen LogP contribution in [0.15, 0.2) is 78.9 Å². The molecule has 0 saturated carbocycles. The number of amides is 1. The monoisotopic (exact) mass is 388 g/mol. The first kappa shape index (κ1) is 17.5. The molecule has 28 heavy (non-hydrogen) atoms. The van der Waals surface area contributed by atoms with Crippen LogP contribution in [0.2, 0.25) is 5.02 Å². The summed E-state index contributed by atoms with van der Waals surface area (Å²) in [4.78, 5) is 15.6. The van der Waals surface area contributed by atoms with Crippen LogP contribution in [0.25, 0.3) is 0 Å². The predicted octanol–water partition coefficient (Wildman–Crippen LogP) is 5.16. The van der Waals surface area contributed by atoms with Gasteiger partial charge in [-0.1, -0.05) is 72.3 Å². The Labute approximate surface area is 169 Å². The topological polar surface area (TPSA) is 42.2 Å². The van der Waals surface area contributed by atoms with Crippen molar-refractivity contribution in [3.63, 3.8) is 0 Å². The first-order valence-corrected chi connectivity index (χ1v) is 9.87. The van der Waals surface area contributed by atoms with E-state index in [4.69, 9.17) is 11.6 Å². The van der Waals surface area contributed by atoms with Gasteiger partial charge in [0.1, 0.15) is 5.66 Å². The summed E-state index contributed by atoms with van der Waals surface area (Å²) in [5.41, 5.74) is 3.04. The molecule has 1 amide bonds. The summed E-state index contributed by atoms with van der Waals surface area (Å²) in [7, 11) is 0. The zero-order valence-corrected chi connectivity index (χ0v) is 16.6. The fourth-order valence-corrected chi connectivity index (χ4v) is 4.60. The number of fused-ring (bicyclic) bond motifs is 1. The summed E-state index contributed by atoms with van der Waals surface area (Å²) in [6, 6.07) is 26.2. The molecule has 0 bridgehead atoms. The Morgan fingerprint density at radius 3 is 2.25 bits per heavy atom. The molecule has 2 aliphatic heterocycles. The third-order valence-corrected chi connectivity index (χ3v) is 6.28. The molecular weight excluding hydrogens is 368 g/mol. The van der Waals surface area contributed by atoms with Gasteiger partial charge in [0.15, 0.2) is 0 Å². The predicted molar refractivity (Wildman–Crippen MR) is 112 cm³/mol. The van der Waals surface area contributed by atoms with Crippen LogP contribution in [0.5, 0.6) is 0 Å². The minimum Gasteiger partial charge on any atom is -0.286 e. The highest BCUT2D eigenvalue weighted by atomic mass is 35.5. The van der Waals surface area contributed by atoms with E-state index in [1.54, 1.807) is 0 Å². The summed E-state index contributed by atoms with van der Waals surface area (Å²) < 4.78 is 0. The van der Waals surface area contributed by atoms with E-state index in [-0.39, 0.29) is 11.9 Å². The standard InChI is InChI=1S/C24H21ClN2O/c1-23(2)19-10-6-7-11-20(19)27(22(23)28)24(17-12-14-18(25)15-13-17)21(26-24)16-8-4-3-5-9-16/h3-15,21,26H,1-2H3/t21-,24-/m0/s1. The molecular formula is C24H21ClN2O. The van der Waals surface area contributed by atoms with Gasteiger partial charge in [-0.25, -0.2) is 0 Å². The molecule has 3 aromatic carbocycles. The van der Waals surface area contributed by atoms with E-state index in [0.717, 1.165) is 22.4 Å². The summed E-state index contributed by atoms with van der Waals surface area (Å²) in [6.07, 6.45) is 0. The molecule has 1 saturated heterocycles. The third-order valence-electron chi connectivity index (χ3n) is 6.02. The number of anilines is 1. The number of halogens is 1. The number of carbonyl (C=O) groups is 1. The highest BCUT2D eigenvalue weighted by Crippen LogP contribution is 2.57. The lowest BCUT2D eigenvalue weighted by Gasteiger charge is -2.30. The molecule has 2 atom stereocenters. The highest BCUT2D eigenvalue weighted by molar-refractivity contribution is 6.30. The molecule has 5 rings (SSSR count). The number of hydrogen-bond donors (Lipinski definition) is 1. The van der Waals surface area contributed by atoms with Crippen molar-refractivity contribution in [1.29, 1.82) is 0 Å². The smallest absolute Gasteiger partial charge is 0.239 e. The van der Waals surface area contributed by atoms with Gasteiger partial charge < -0.3 is 0 Å². The minimum absolute atomic E-state index is 0.0146. The van der Waals surface area contributed by atoms with Crippen molar-refractivity contribution in [2.45, 2.75) is 31.0 Å². The van der Waals surface area contributed by atoms with Crippen LogP contribution < -0.4 is 10.2 Å². The van der Waals surface area contributed by atoms with Crippen LogP contribution in [0, 0.1) is 0 Å². The number of rotatable bonds is 3. The largest absolute Gasteiger partial charge is 0.286 e. The Bertz CT molecular complexity index is 1060. The Morgan fingerprint density at radius 1 is 0.893 bits per heavy atom. The lowest BCUT2D eigenvalue weighted by Crippen LogP contribution is -2.45. The Morgan fingerprint density at radius 2 is 1.54 bits per heavy atom. The maximum atomic E-state index is 13.6. The van der Waals surface area contributed by atoms with Gasteiger partial charge in [0.05, 0.1) is 17.1 Å². The first-order chi connectivity index (χ1) is 13.5. The Balaban J connectivity index is 1.71. The number of para-hydroxylation sites is 1. The van der Waals surface area contributed by atoms with Crippen molar-refractivity contribution < 1.29 is 4.79 Å². The van der Waals surface area contributed by atoms with Crippen molar-refractivity contribution in [3.05, 3.63) is 101 Å². The van der Waals surface area contributed by atoms with Crippen molar-refractivity contribution in [3.8, 4) is 0 Å². The number of nitrogens with zero attached hydrogens (tertiary/aromatic N) is 1. The summed E-state index contributed by atoms with van der Waals surface area (Å²) in [5, 5.41) is 4.33. The van der Waals surface area contributed by atoms with Gasteiger partial charge in [-0.15, -0.1) is 0 Å². The van der Waals surface area contributed by atoms with E-state index in [0.29, 0.717) is 5.02 Å². The lowest BCUT2D eigenvalue weighted by molar-refractivity contribution is -0.122. The second-order valence-corrected chi connectivity index (χ2v) is 8.48. The SMILES string of the molecule is CC1(C)C(=O)N([C@]2(c3ccc(Cl)cc3)N[C@H]2c2ccccc2)c2ccccc21. The number of hydrogen-bond acceptors (Lipinski definition) is 2. The lowest BCUT2D eigenvalue weighted by atomic mass is 9.86. The number of nitrogens with one attached hydrogen (secondary N) is 1. The average Bonchev–Trinajstić information content (AvgIpc) is 3.41. The van der Waals surface area contributed by atoms with E-state index < -0.39 is 11.1 Å². The molecule has 3 aromatic rings. The molecule has 4 heteroatoms. The summed E-state index contributed by atoms with van der Waals surface area (Å²) in [5.74, 6) is 0.106. The van der Waals surface area contributed by atoms with Gasteiger partial charge >= 0.3 is 0 Å². The van der Waals surface area contributed by atoms with Crippen LogP contribution in [-0.4, -0.2) is 5.91 Å². The van der Waals surface area contributed by atoms with Crippen LogP contribution in [0.1, 0.15) is 36.6 Å². The van der Waals surface area contributed by atoms with Gasteiger partial charge in [0.25, 0.3) is 0 Å². The van der Waals surface area contributed by atoms with Crippen LogP contribution >= 0.6 is 11.6 Å². The molecule has 3 nitrogen and oxygen atoms in total. The van der Waals surface area contributed by atoms with E-state index in [9.17, 15) is 4.79 Å². The molecule has 0 aromatic heterocycles. The van der Waals surface area contributed by atoms with E-state index in [1.165, 1.54) is 0 Å². The first-order valence-electron chi connectivity index (χ1n) is 9.49. The molecule has 0 aliphatic carbocycles. The molecule has 2 heterocycles. The zero-order chi connectivity index (χ0) is 19.5. The maximum absolute atomic E-state index is 13.6. The molecule has 0 unspecified atom stereocenters. The molecule has 2 aliphatic rings. The second kappa shape index (κ2) is 5.94. The fraction of sp³-hybridized carbons (Fsp3) is 0.208. The van der Waals surface area contributed by atoms with Crippen molar-refractivity contribution in [1.82, 2.24) is 5.32 Å².